The van der Waals surface area contributed by atoms with Crippen molar-refractivity contribution in [3.05, 3.63) is 47.5 Å². The van der Waals surface area contributed by atoms with Gasteiger partial charge >= 0.3 is 18.2 Å². The molecule has 2 aromatic rings. The largest absolute Gasteiger partial charge is 0.448 e. The number of benzene rings is 2. The number of hydrogen-bond acceptors (Lipinski definition) is 6. The number of carbonyl (C=O) groups is 3. The number of amides is 4. The molecule has 1 heterocycles. The lowest BCUT2D eigenvalue weighted by atomic mass is 10.2. The number of fused-ring (bicyclic) bond motifs is 2. The van der Waals surface area contributed by atoms with Gasteiger partial charge in [-0.25, -0.2) is 14.4 Å². The molecule has 0 bridgehead atoms. The molecule has 4 amide bonds. The maximum Gasteiger partial charge on any atom is 0.406 e. The summed E-state index contributed by atoms with van der Waals surface area (Å²) in [5.74, 6) is 0. The number of nitrogens with one attached hydrogen (secondary N) is 2. The molecule has 1 aliphatic heterocycles. The number of hydrogen-bond donors (Lipinski definition) is 2. The summed E-state index contributed by atoms with van der Waals surface area (Å²) in [6, 6.07) is 12.6. The monoisotopic (exact) mass is 478 g/mol. The number of nitrogens with zero attached hydrogens (tertiary/aromatic N) is 2. The molecule has 0 saturated heterocycles. The van der Waals surface area contributed by atoms with Crippen LogP contribution in [0.4, 0.5) is 25.8 Å². The molecule has 3 rings (SSSR count). The fourth-order valence-electron chi connectivity index (χ4n) is 3.02. The van der Waals surface area contributed by atoms with E-state index in [9.17, 15) is 14.4 Å². The highest BCUT2D eigenvalue weighted by Crippen LogP contribution is 2.49. The molecule has 0 radical (unpaired) electrons. The van der Waals surface area contributed by atoms with E-state index in [1.54, 1.807) is 28.8 Å². The number of halogens is 1. The van der Waals surface area contributed by atoms with E-state index in [2.05, 4.69) is 10.6 Å². The third-order valence-electron chi connectivity index (χ3n) is 4.55. The molecule has 2 aromatic carbocycles. The van der Waals surface area contributed by atoms with Crippen LogP contribution in [-0.4, -0.2) is 63.5 Å². The summed E-state index contributed by atoms with van der Waals surface area (Å²) in [5, 5.41) is 5.22. The molecule has 0 aromatic heterocycles. The van der Waals surface area contributed by atoms with Gasteiger partial charge in [-0.05, 0) is 30.3 Å². The van der Waals surface area contributed by atoms with Gasteiger partial charge in [0.15, 0.2) is 0 Å². The highest BCUT2D eigenvalue weighted by molar-refractivity contribution is 7.99. The molecule has 0 spiro atoms. The van der Waals surface area contributed by atoms with Gasteiger partial charge in [0, 0.05) is 28.9 Å². The van der Waals surface area contributed by atoms with E-state index in [4.69, 9.17) is 21.1 Å². The van der Waals surface area contributed by atoms with Gasteiger partial charge in [-0.2, -0.15) is 0 Å². The maximum atomic E-state index is 13.7. The summed E-state index contributed by atoms with van der Waals surface area (Å²) in [7, 11) is 2.90. The zero-order valence-electron chi connectivity index (χ0n) is 17.6. The van der Waals surface area contributed by atoms with Crippen LogP contribution in [0.25, 0.3) is 0 Å². The van der Waals surface area contributed by atoms with Gasteiger partial charge in [0.05, 0.1) is 24.5 Å². The Bertz CT molecular complexity index is 984. The van der Waals surface area contributed by atoms with E-state index >= 15 is 0 Å². The number of anilines is 2. The van der Waals surface area contributed by atoms with Crippen molar-refractivity contribution in [2.75, 3.05) is 45.3 Å². The number of rotatable bonds is 6. The Morgan fingerprint density at radius 2 is 1.53 bits per heavy atom. The first kappa shape index (κ1) is 23.6. The standard InChI is InChI=1S/C21H23ClN4O5S/c1-23-19(27)30-11-9-25(10-12-31-20(28)24-2)21(29)26-15-5-3-4-6-17(15)32-18-8-7-14(22)13-16(18)26/h3-8,13H,9-12H2,1-2H3,(H,23,27)(H,24,28). The SMILES string of the molecule is CNC(=O)OCCN(CCOC(=O)NC)C(=O)N1c2ccccc2Sc2ccc(Cl)cc21. The molecule has 9 nitrogen and oxygen atoms in total. The van der Waals surface area contributed by atoms with Crippen molar-refractivity contribution in [3.8, 4) is 0 Å². The van der Waals surface area contributed by atoms with E-state index in [-0.39, 0.29) is 32.3 Å². The minimum atomic E-state index is -0.601. The summed E-state index contributed by atoms with van der Waals surface area (Å²) in [6.45, 7) is 0.145. The summed E-state index contributed by atoms with van der Waals surface area (Å²) >= 11 is 7.78. The van der Waals surface area contributed by atoms with Gasteiger partial charge in [-0.3, -0.25) is 4.90 Å². The van der Waals surface area contributed by atoms with E-state index < -0.39 is 12.2 Å². The van der Waals surface area contributed by atoms with E-state index in [1.165, 1.54) is 19.0 Å². The molecule has 0 unspecified atom stereocenters. The lowest BCUT2D eigenvalue weighted by Gasteiger charge is -2.35. The predicted octanol–water partition coefficient (Wildman–Crippen LogP) is 4.08. The second kappa shape index (κ2) is 11.0. The Balaban J connectivity index is 1.89. The molecule has 0 saturated carbocycles. The van der Waals surface area contributed by atoms with E-state index in [1.807, 2.05) is 30.3 Å². The second-order valence-corrected chi connectivity index (χ2v) is 8.08. The highest BCUT2D eigenvalue weighted by atomic mass is 35.5. The van der Waals surface area contributed by atoms with Crippen molar-refractivity contribution < 1.29 is 23.9 Å². The van der Waals surface area contributed by atoms with Gasteiger partial charge in [0.1, 0.15) is 13.2 Å². The van der Waals surface area contributed by atoms with Gasteiger partial charge in [0.25, 0.3) is 0 Å². The molecule has 11 heteroatoms. The minimum Gasteiger partial charge on any atom is -0.448 e. The van der Waals surface area contributed by atoms with E-state index in [0.29, 0.717) is 16.4 Å². The number of para-hydroxylation sites is 1. The first-order valence-corrected chi connectivity index (χ1v) is 11.0. The molecule has 2 N–H and O–H groups in total. The van der Waals surface area contributed by atoms with E-state index in [0.717, 1.165) is 9.79 Å². The molecule has 170 valence electrons. The van der Waals surface area contributed by atoms with Crippen molar-refractivity contribution in [1.29, 1.82) is 0 Å². The first-order valence-electron chi connectivity index (χ1n) is 9.79. The van der Waals surface area contributed by atoms with Gasteiger partial charge in [0.2, 0.25) is 0 Å². The normalized spacial score (nSPS) is 11.7. The zero-order valence-corrected chi connectivity index (χ0v) is 19.2. The summed E-state index contributed by atoms with van der Waals surface area (Å²) < 4.78 is 10.1. The van der Waals surface area contributed by atoms with Gasteiger partial charge < -0.3 is 25.0 Å². The van der Waals surface area contributed by atoms with Gasteiger partial charge in [-0.1, -0.05) is 35.5 Å². The van der Waals surface area contributed by atoms with Crippen molar-refractivity contribution in [1.82, 2.24) is 15.5 Å². The Kier molecular flexibility index (Phi) is 8.07. The van der Waals surface area contributed by atoms with Crippen LogP contribution in [0.1, 0.15) is 0 Å². The van der Waals surface area contributed by atoms with Crippen molar-refractivity contribution in [2.45, 2.75) is 9.79 Å². The second-order valence-electron chi connectivity index (χ2n) is 6.56. The van der Waals surface area contributed by atoms with Crippen molar-refractivity contribution >= 4 is 53.0 Å². The summed E-state index contributed by atoms with van der Waals surface area (Å²) in [5.41, 5.74) is 1.36. The lowest BCUT2D eigenvalue weighted by Crippen LogP contribution is -2.45. The molecular formula is C21H23ClN4O5S. The number of urea groups is 1. The van der Waals surface area contributed by atoms with Crippen LogP contribution >= 0.6 is 23.4 Å². The fraction of sp³-hybridized carbons (Fsp3) is 0.286. The molecule has 0 fully saturated rings. The zero-order chi connectivity index (χ0) is 23.1. The average Bonchev–Trinajstić information content (AvgIpc) is 2.80. The smallest absolute Gasteiger partial charge is 0.406 e. The van der Waals surface area contributed by atoms with Crippen LogP contribution in [0.15, 0.2) is 52.3 Å². The van der Waals surface area contributed by atoms with Crippen LogP contribution in [0.5, 0.6) is 0 Å². The number of carbonyl (C=O) groups excluding carboxylic acids is 3. The topological polar surface area (TPSA) is 100 Å². The molecule has 1 aliphatic rings. The quantitative estimate of drug-likeness (QED) is 0.649. The van der Waals surface area contributed by atoms with Crippen LogP contribution < -0.4 is 15.5 Å². The molecular weight excluding hydrogens is 456 g/mol. The molecule has 32 heavy (non-hydrogen) atoms. The van der Waals surface area contributed by atoms with Crippen LogP contribution in [0, 0.1) is 0 Å². The predicted molar refractivity (Wildman–Crippen MR) is 122 cm³/mol. The lowest BCUT2D eigenvalue weighted by molar-refractivity contribution is 0.116. The highest BCUT2D eigenvalue weighted by Gasteiger charge is 2.31. The molecule has 0 aliphatic carbocycles. The van der Waals surface area contributed by atoms with Gasteiger partial charge in [-0.15, -0.1) is 0 Å². The Labute approximate surface area is 195 Å². The van der Waals surface area contributed by atoms with Crippen molar-refractivity contribution in [2.24, 2.45) is 0 Å². The fourth-order valence-corrected chi connectivity index (χ4v) is 4.22. The first-order chi connectivity index (χ1) is 15.4. The van der Waals surface area contributed by atoms with Crippen LogP contribution in [-0.2, 0) is 9.47 Å². The number of ether oxygens (including phenoxy) is 2. The van der Waals surface area contributed by atoms with Crippen LogP contribution in [0.2, 0.25) is 5.02 Å². The Hall–Kier alpha value is -3.11. The minimum absolute atomic E-state index is 0.0297. The van der Waals surface area contributed by atoms with Crippen LogP contribution in [0.3, 0.4) is 0 Å². The Morgan fingerprint density at radius 1 is 0.938 bits per heavy atom. The average molecular weight is 479 g/mol. The third-order valence-corrected chi connectivity index (χ3v) is 5.91. The summed E-state index contributed by atoms with van der Waals surface area (Å²) in [6.07, 6.45) is -1.20. The molecule has 0 atom stereocenters. The Morgan fingerprint density at radius 3 is 2.16 bits per heavy atom. The summed E-state index contributed by atoms with van der Waals surface area (Å²) in [4.78, 5) is 41.4. The number of alkyl carbamates (subject to hydrolysis) is 2. The third kappa shape index (κ3) is 5.57. The van der Waals surface area contributed by atoms with Crippen molar-refractivity contribution in [3.63, 3.8) is 0 Å². The maximum absolute atomic E-state index is 13.7.